The van der Waals surface area contributed by atoms with Gasteiger partial charge in [-0.2, -0.15) is 0 Å². The van der Waals surface area contributed by atoms with Crippen molar-refractivity contribution >= 4 is 29.0 Å². The van der Waals surface area contributed by atoms with Gasteiger partial charge in [-0.25, -0.2) is 4.79 Å². The maximum atomic E-state index is 11.7. The van der Waals surface area contributed by atoms with Crippen LogP contribution in [0.5, 0.6) is 0 Å². The summed E-state index contributed by atoms with van der Waals surface area (Å²) in [5.41, 5.74) is 2.40. The summed E-state index contributed by atoms with van der Waals surface area (Å²) in [7, 11) is 0. The molecule has 0 radical (unpaired) electrons. The van der Waals surface area contributed by atoms with Crippen molar-refractivity contribution in [3.8, 4) is 0 Å². The lowest BCUT2D eigenvalue weighted by Crippen LogP contribution is -2.30. The molecule has 0 heterocycles. The predicted octanol–water partition coefficient (Wildman–Crippen LogP) is 2.62. The number of hydrogen-bond acceptors (Lipinski definition) is 3. The topological polar surface area (TPSA) is 50.4 Å². The standard InChI is InChI=1S/C14H18N2O2S/c1-3-18-13(17)10-5-4-9(2)12(8-10)16-14(19)15-11-6-7-11/h4-5,8,11H,3,6-7H2,1-2H3,(H2,15,16,19). The Morgan fingerprint density at radius 1 is 1.47 bits per heavy atom. The number of ether oxygens (including phenoxy) is 1. The molecular weight excluding hydrogens is 260 g/mol. The first-order chi connectivity index (χ1) is 9.10. The average Bonchev–Trinajstić information content (AvgIpc) is 3.16. The lowest BCUT2D eigenvalue weighted by molar-refractivity contribution is 0.0526. The number of nitrogens with one attached hydrogen (secondary N) is 2. The first-order valence-corrected chi connectivity index (χ1v) is 6.86. The van der Waals surface area contributed by atoms with Gasteiger partial charge in [0.05, 0.1) is 12.2 Å². The molecule has 1 saturated carbocycles. The van der Waals surface area contributed by atoms with E-state index < -0.39 is 0 Å². The molecule has 1 aliphatic carbocycles. The van der Waals surface area contributed by atoms with E-state index in [-0.39, 0.29) is 5.97 Å². The highest BCUT2D eigenvalue weighted by Crippen LogP contribution is 2.20. The molecule has 1 aromatic rings. The van der Waals surface area contributed by atoms with E-state index in [0.717, 1.165) is 11.3 Å². The SMILES string of the molecule is CCOC(=O)c1ccc(C)c(NC(=S)NC2CC2)c1. The third-order valence-corrected chi connectivity index (χ3v) is 3.13. The van der Waals surface area contributed by atoms with Crippen LogP contribution in [0, 0.1) is 6.92 Å². The number of benzene rings is 1. The van der Waals surface area contributed by atoms with E-state index in [1.165, 1.54) is 12.8 Å². The molecule has 0 bridgehead atoms. The molecule has 5 heteroatoms. The van der Waals surface area contributed by atoms with Crippen LogP contribution >= 0.6 is 12.2 Å². The van der Waals surface area contributed by atoms with Crippen LogP contribution in [0.15, 0.2) is 18.2 Å². The lowest BCUT2D eigenvalue weighted by Gasteiger charge is -2.13. The quantitative estimate of drug-likeness (QED) is 0.655. The molecule has 1 aromatic carbocycles. The van der Waals surface area contributed by atoms with Gasteiger partial charge in [0, 0.05) is 11.7 Å². The summed E-state index contributed by atoms with van der Waals surface area (Å²) in [5.74, 6) is -0.313. The number of rotatable bonds is 4. The molecule has 2 N–H and O–H groups in total. The van der Waals surface area contributed by atoms with Crippen LogP contribution in [-0.2, 0) is 4.74 Å². The minimum atomic E-state index is -0.313. The van der Waals surface area contributed by atoms with E-state index in [1.54, 1.807) is 19.1 Å². The number of esters is 1. The summed E-state index contributed by atoms with van der Waals surface area (Å²) in [6, 6.07) is 5.92. The second-order valence-electron chi connectivity index (χ2n) is 4.62. The Morgan fingerprint density at radius 2 is 2.21 bits per heavy atom. The van der Waals surface area contributed by atoms with Crippen LogP contribution in [0.1, 0.15) is 35.7 Å². The first-order valence-electron chi connectivity index (χ1n) is 6.45. The number of anilines is 1. The Bertz CT molecular complexity index is 498. The van der Waals surface area contributed by atoms with Gasteiger partial charge >= 0.3 is 5.97 Å². The van der Waals surface area contributed by atoms with Gasteiger partial charge in [0.1, 0.15) is 0 Å². The fourth-order valence-electron chi connectivity index (χ4n) is 1.67. The van der Waals surface area contributed by atoms with E-state index in [9.17, 15) is 4.79 Å². The molecule has 0 atom stereocenters. The smallest absolute Gasteiger partial charge is 0.338 e. The van der Waals surface area contributed by atoms with Crippen LogP contribution in [0.25, 0.3) is 0 Å². The molecule has 1 aliphatic rings. The summed E-state index contributed by atoms with van der Waals surface area (Å²) in [4.78, 5) is 11.7. The molecule has 102 valence electrons. The molecular formula is C14H18N2O2S. The fraction of sp³-hybridized carbons (Fsp3) is 0.429. The Hall–Kier alpha value is -1.62. The molecule has 0 unspecified atom stereocenters. The Morgan fingerprint density at radius 3 is 2.84 bits per heavy atom. The van der Waals surface area contributed by atoms with Gasteiger partial charge in [-0.1, -0.05) is 6.07 Å². The number of hydrogen-bond donors (Lipinski definition) is 2. The van der Waals surface area contributed by atoms with Crippen LogP contribution in [0.3, 0.4) is 0 Å². The molecule has 1 fully saturated rings. The number of aryl methyl sites for hydroxylation is 1. The third-order valence-electron chi connectivity index (χ3n) is 2.91. The molecule has 0 aromatic heterocycles. The molecule has 0 amide bonds. The van der Waals surface area contributed by atoms with Crippen molar-refractivity contribution in [2.45, 2.75) is 32.7 Å². The van der Waals surface area contributed by atoms with Crippen LogP contribution in [-0.4, -0.2) is 23.7 Å². The number of thiocarbonyl (C=S) groups is 1. The summed E-state index contributed by atoms with van der Waals surface area (Å²) >= 11 is 5.23. The van der Waals surface area contributed by atoms with Crippen LogP contribution in [0.4, 0.5) is 5.69 Å². The predicted molar refractivity (Wildman–Crippen MR) is 79.5 cm³/mol. The van der Waals surface area contributed by atoms with Gasteiger partial charge in [0.25, 0.3) is 0 Å². The highest BCUT2D eigenvalue weighted by Gasteiger charge is 2.22. The molecule has 4 nitrogen and oxygen atoms in total. The summed E-state index contributed by atoms with van der Waals surface area (Å²) in [6.45, 7) is 4.13. The van der Waals surface area contributed by atoms with E-state index in [2.05, 4.69) is 10.6 Å². The zero-order valence-corrected chi connectivity index (χ0v) is 12.0. The highest BCUT2D eigenvalue weighted by molar-refractivity contribution is 7.80. The Balaban J connectivity index is 2.07. The van der Waals surface area contributed by atoms with Gasteiger partial charge in [-0.3, -0.25) is 0 Å². The average molecular weight is 278 g/mol. The normalized spacial score (nSPS) is 13.8. The van der Waals surface area contributed by atoms with Crippen molar-refractivity contribution in [3.05, 3.63) is 29.3 Å². The van der Waals surface area contributed by atoms with Crippen molar-refractivity contribution in [3.63, 3.8) is 0 Å². The van der Waals surface area contributed by atoms with Crippen molar-refractivity contribution < 1.29 is 9.53 Å². The third kappa shape index (κ3) is 3.92. The second kappa shape index (κ2) is 6.02. The van der Waals surface area contributed by atoms with Crippen molar-refractivity contribution in [1.82, 2.24) is 5.32 Å². The Labute approximate surface area is 118 Å². The first kappa shape index (κ1) is 13.8. The minimum Gasteiger partial charge on any atom is -0.462 e. The van der Waals surface area contributed by atoms with Crippen LogP contribution in [0.2, 0.25) is 0 Å². The van der Waals surface area contributed by atoms with Gasteiger partial charge in [-0.05, 0) is 56.6 Å². The van der Waals surface area contributed by atoms with Crippen molar-refractivity contribution in [2.24, 2.45) is 0 Å². The zero-order chi connectivity index (χ0) is 13.8. The van der Waals surface area contributed by atoms with Gasteiger partial charge in [0.2, 0.25) is 0 Å². The van der Waals surface area contributed by atoms with Crippen LogP contribution < -0.4 is 10.6 Å². The summed E-state index contributed by atoms with van der Waals surface area (Å²) < 4.78 is 4.99. The second-order valence-corrected chi connectivity index (χ2v) is 5.03. The number of carbonyl (C=O) groups is 1. The summed E-state index contributed by atoms with van der Waals surface area (Å²) in [5, 5.41) is 6.94. The molecule has 2 rings (SSSR count). The van der Waals surface area contributed by atoms with Crippen molar-refractivity contribution in [2.75, 3.05) is 11.9 Å². The van der Waals surface area contributed by atoms with Gasteiger partial charge in [-0.15, -0.1) is 0 Å². The Kier molecular flexibility index (Phi) is 4.37. The van der Waals surface area contributed by atoms with E-state index in [0.29, 0.717) is 23.3 Å². The molecule has 0 aliphatic heterocycles. The fourth-order valence-corrected chi connectivity index (χ4v) is 1.95. The molecule has 0 saturated heterocycles. The maximum Gasteiger partial charge on any atom is 0.338 e. The monoisotopic (exact) mass is 278 g/mol. The largest absolute Gasteiger partial charge is 0.462 e. The lowest BCUT2D eigenvalue weighted by atomic mass is 10.1. The van der Waals surface area contributed by atoms with Gasteiger partial charge in [0.15, 0.2) is 5.11 Å². The minimum absolute atomic E-state index is 0.313. The number of carbonyl (C=O) groups excluding carboxylic acids is 1. The highest BCUT2D eigenvalue weighted by atomic mass is 32.1. The van der Waals surface area contributed by atoms with Gasteiger partial charge < -0.3 is 15.4 Å². The van der Waals surface area contributed by atoms with E-state index in [1.807, 2.05) is 13.0 Å². The zero-order valence-electron chi connectivity index (χ0n) is 11.2. The summed E-state index contributed by atoms with van der Waals surface area (Å²) in [6.07, 6.45) is 2.34. The van der Waals surface area contributed by atoms with E-state index >= 15 is 0 Å². The molecule has 0 spiro atoms. The van der Waals surface area contributed by atoms with E-state index in [4.69, 9.17) is 17.0 Å². The maximum absolute atomic E-state index is 11.7. The van der Waals surface area contributed by atoms with Crippen molar-refractivity contribution in [1.29, 1.82) is 0 Å². The molecule has 19 heavy (non-hydrogen) atoms.